The van der Waals surface area contributed by atoms with Crippen molar-refractivity contribution >= 4 is 0 Å². The van der Waals surface area contributed by atoms with Gasteiger partial charge in [-0.15, -0.1) is 0 Å². The molecule has 3 fully saturated rings. The molecule has 0 radical (unpaired) electrons. The average Bonchev–Trinajstić information content (AvgIpc) is 3.02. The molecule has 3 saturated carbocycles. The van der Waals surface area contributed by atoms with Crippen molar-refractivity contribution in [2.45, 2.75) is 92.9 Å². The molecule has 0 nitrogen and oxygen atoms in total. The van der Waals surface area contributed by atoms with E-state index in [0.29, 0.717) is 16.7 Å². The van der Waals surface area contributed by atoms with E-state index in [0.717, 1.165) is 41.4 Å². The molecular formula is C28H46. The van der Waals surface area contributed by atoms with Crippen LogP contribution in [0, 0.1) is 58.2 Å². The Kier molecular flexibility index (Phi) is 5.65. The van der Waals surface area contributed by atoms with E-state index in [2.05, 4.69) is 65.8 Å². The fraction of sp³-hybridized carbons (Fsp3) is 0.857. The predicted octanol–water partition coefficient (Wildman–Crippen LogP) is 8.30. The van der Waals surface area contributed by atoms with Crippen molar-refractivity contribution < 1.29 is 0 Å². The summed E-state index contributed by atoms with van der Waals surface area (Å²) in [5.74, 6) is 6.72. The van der Waals surface area contributed by atoms with E-state index in [9.17, 15) is 0 Å². The Bertz CT molecular complexity index is 612. The van der Waals surface area contributed by atoms with Gasteiger partial charge in [-0.1, -0.05) is 78.7 Å². The standard InChI is InChI=1S/C28H46/c1-19(2)20(3)10-11-21(4)24-14-15-25-23-13-12-22-9-7-8-17-27(22,5)26(23)16-18-28(24,25)6/h10-13,19-26H,7-9,14-18H2,1-6H3/t20?,21-,22?,23+,24-,25+,26+,27+,28-/m1/s1. The van der Waals surface area contributed by atoms with Gasteiger partial charge >= 0.3 is 0 Å². The second-order valence-corrected chi connectivity index (χ2v) is 12.1. The summed E-state index contributed by atoms with van der Waals surface area (Å²) >= 11 is 0. The Labute approximate surface area is 175 Å². The summed E-state index contributed by atoms with van der Waals surface area (Å²) in [7, 11) is 0. The van der Waals surface area contributed by atoms with Gasteiger partial charge < -0.3 is 0 Å². The van der Waals surface area contributed by atoms with Crippen molar-refractivity contribution in [2.24, 2.45) is 58.2 Å². The van der Waals surface area contributed by atoms with E-state index >= 15 is 0 Å². The Morgan fingerprint density at radius 3 is 2.29 bits per heavy atom. The molecule has 0 spiro atoms. The Morgan fingerprint density at radius 2 is 1.54 bits per heavy atom. The van der Waals surface area contributed by atoms with Crippen molar-refractivity contribution in [3.8, 4) is 0 Å². The van der Waals surface area contributed by atoms with Gasteiger partial charge in [0.2, 0.25) is 0 Å². The second-order valence-electron chi connectivity index (χ2n) is 12.1. The van der Waals surface area contributed by atoms with Gasteiger partial charge in [0.1, 0.15) is 0 Å². The molecule has 0 N–H and O–H groups in total. The molecule has 0 aromatic heterocycles. The lowest BCUT2D eigenvalue weighted by atomic mass is 9.46. The maximum atomic E-state index is 2.73. The summed E-state index contributed by atoms with van der Waals surface area (Å²) < 4.78 is 0. The Balaban J connectivity index is 1.53. The third-order valence-corrected chi connectivity index (χ3v) is 10.6. The van der Waals surface area contributed by atoms with Crippen LogP contribution in [0.25, 0.3) is 0 Å². The van der Waals surface area contributed by atoms with Crippen LogP contribution in [0.5, 0.6) is 0 Å². The van der Waals surface area contributed by atoms with E-state index in [1.165, 1.54) is 51.4 Å². The molecule has 0 aliphatic heterocycles. The van der Waals surface area contributed by atoms with E-state index in [1.807, 2.05) is 0 Å². The van der Waals surface area contributed by atoms with Gasteiger partial charge in [0, 0.05) is 0 Å². The van der Waals surface area contributed by atoms with Crippen LogP contribution in [0.2, 0.25) is 0 Å². The molecule has 2 unspecified atom stereocenters. The number of allylic oxidation sites excluding steroid dienone is 4. The third-order valence-electron chi connectivity index (χ3n) is 10.6. The highest BCUT2D eigenvalue weighted by atomic mass is 14.6. The lowest BCUT2D eigenvalue weighted by molar-refractivity contribution is -0.0618. The monoisotopic (exact) mass is 382 g/mol. The molecule has 0 amide bonds. The minimum atomic E-state index is 0.564. The highest BCUT2D eigenvalue weighted by Gasteiger charge is 2.58. The van der Waals surface area contributed by atoms with Crippen LogP contribution in [-0.2, 0) is 0 Å². The molecule has 0 aromatic carbocycles. The molecule has 0 heteroatoms. The van der Waals surface area contributed by atoms with E-state index in [4.69, 9.17) is 0 Å². The summed E-state index contributed by atoms with van der Waals surface area (Å²) in [6.45, 7) is 15.0. The van der Waals surface area contributed by atoms with Crippen LogP contribution in [0.1, 0.15) is 92.9 Å². The first-order valence-electron chi connectivity index (χ1n) is 12.6. The first-order chi connectivity index (χ1) is 13.3. The zero-order valence-electron chi connectivity index (χ0n) is 19.6. The van der Waals surface area contributed by atoms with Crippen LogP contribution in [-0.4, -0.2) is 0 Å². The number of hydrogen-bond acceptors (Lipinski definition) is 0. The molecule has 4 aliphatic carbocycles. The summed E-state index contributed by atoms with van der Waals surface area (Å²) in [6.07, 6.45) is 22.3. The van der Waals surface area contributed by atoms with Gasteiger partial charge in [-0.2, -0.15) is 0 Å². The van der Waals surface area contributed by atoms with Crippen molar-refractivity contribution in [1.82, 2.24) is 0 Å². The van der Waals surface area contributed by atoms with Gasteiger partial charge in [0.15, 0.2) is 0 Å². The maximum absolute atomic E-state index is 2.73. The van der Waals surface area contributed by atoms with E-state index in [1.54, 1.807) is 0 Å². The quantitative estimate of drug-likeness (QED) is 0.429. The molecule has 4 aliphatic rings. The normalized spacial score (nSPS) is 47.6. The molecular weight excluding hydrogens is 336 g/mol. The SMILES string of the molecule is CC(C)C(C)C=C[C@@H](C)[C@H]1CC[C@H]2[C@@H]3C=CC4CCCC[C@]4(C)[C@H]3CC[C@]12C. The van der Waals surface area contributed by atoms with Crippen LogP contribution >= 0.6 is 0 Å². The van der Waals surface area contributed by atoms with Crippen LogP contribution in [0.15, 0.2) is 24.3 Å². The summed E-state index contributed by atoms with van der Waals surface area (Å²) in [5, 5.41) is 0. The largest absolute Gasteiger partial charge is 0.0852 e. The molecule has 158 valence electrons. The average molecular weight is 383 g/mol. The second kappa shape index (κ2) is 7.63. The molecule has 0 aromatic rings. The van der Waals surface area contributed by atoms with Gasteiger partial charge in [-0.3, -0.25) is 0 Å². The minimum Gasteiger partial charge on any atom is -0.0852 e. The third kappa shape index (κ3) is 3.26. The first kappa shape index (κ1) is 20.7. The fourth-order valence-corrected chi connectivity index (χ4v) is 8.27. The first-order valence-corrected chi connectivity index (χ1v) is 12.6. The summed E-state index contributed by atoms with van der Waals surface area (Å²) in [6, 6.07) is 0. The zero-order chi connectivity index (χ0) is 20.1. The van der Waals surface area contributed by atoms with Crippen LogP contribution in [0.3, 0.4) is 0 Å². The van der Waals surface area contributed by atoms with E-state index < -0.39 is 0 Å². The maximum Gasteiger partial charge on any atom is -0.0166 e. The molecule has 9 atom stereocenters. The van der Waals surface area contributed by atoms with Crippen molar-refractivity contribution in [3.05, 3.63) is 24.3 Å². The van der Waals surface area contributed by atoms with E-state index in [-0.39, 0.29) is 0 Å². The Hall–Kier alpha value is -0.520. The number of hydrogen-bond donors (Lipinski definition) is 0. The lowest BCUT2D eigenvalue weighted by Gasteiger charge is -2.58. The molecule has 4 rings (SSSR count). The number of rotatable bonds is 4. The Morgan fingerprint density at radius 1 is 0.786 bits per heavy atom. The molecule has 0 heterocycles. The van der Waals surface area contributed by atoms with Crippen LogP contribution < -0.4 is 0 Å². The summed E-state index contributed by atoms with van der Waals surface area (Å²) in [4.78, 5) is 0. The highest BCUT2D eigenvalue weighted by Crippen LogP contribution is 2.66. The predicted molar refractivity (Wildman–Crippen MR) is 122 cm³/mol. The zero-order valence-corrected chi connectivity index (χ0v) is 19.6. The summed E-state index contributed by atoms with van der Waals surface area (Å²) in [5.41, 5.74) is 1.17. The molecule has 28 heavy (non-hydrogen) atoms. The minimum absolute atomic E-state index is 0.564. The van der Waals surface area contributed by atoms with Gasteiger partial charge in [0.05, 0.1) is 0 Å². The smallest absolute Gasteiger partial charge is 0.0166 e. The topological polar surface area (TPSA) is 0 Å². The van der Waals surface area contributed by atoms with Crippen LogP contribution in [0.4, 0.5) is 0 Å². The molecule has 0 bridgehead atoms. The van der Waals surface area contributed by atoms with Gasteiger partial charge in [-0.05, 0) is 96.7 Å². The lowest BCUT2D eigenvalue weighted by Crippen LogP contribution is -2.51. The van der Waals surface area contributed by atoms with Gasteiger partial charge in [0.25, 0.3) is 0 Å². The van der Waals surface area contributed by atoms with Gasteiger partial charge in [-0.25, -0.2) is 0 Å². The van der Waals surface area contributed by atoms with Crippen molar-refractivity contribution in [3.63, 3.8) is 0 Å². The fourth-order valence-electron chi connectivity index (χ4n) is 8.27. The van der Waals surface area contributed by atoms with Crippen molar-refractivity contribution in [2.75, 3.05) is 0 Å². The molecule has 0 saturated heterocycles. The number of fused-ring (bicyclic) bond motifs is 5. The van der Waals surface area contributed by atoms with Crippen molar-refractivity contribution in [1.29, 1.82) is 0 Å². The highest BCUT2D eigenvalue weighted by molar-refractivity contribution is 5.18.